The first-order valence-corrected chi connectivity index (χ1v) is 17.3. The number of nitrogens with zero attached hydrogens (tertiary/aromatic N) is 1. The van der Waals surface area contributed by atoms with Gasteiger partial charge in [0.1, 0.15) is 6.10 Å². The van der Waals surface area contributed by atoms with Crippen molar-refractivity contribution in [1.29, 1.82) is 0 Å². The van der Waals surface area contributed by atoms with Gasteiger partial charge in [0.05, 0.1) is 4.92 Å². The molecule has 250 valence electrons. The monoisotopic (exact) mass is 632 g/mol. The third-order valence-electron chi connectivity index (χ3n) is 14.7. The van der Waals surface area contributed by atoms with Crippen LogP contribution < -0.4 is 5.32 Å². The van der Waals surface area contributed by atoms with Gasteiger partial charge in [0.2, 0.25) is 5.91 Å². The van der Waals surface area contributed by atoms with Gasteiger partial charge in [-0.3, -0.25) is 24.5 Å². The minimum atomic E-state index is -0.669. The highest BCUT2D eigenvalue weighted by molar-refractivity contribution is 5.97. The number of hydrogen-bond donors (Lipinski definition) is 1. The number of esters is 1. The van der Waals surface area contributed by atoms with Crippen molar-refractivity contribution >= 4 is 29.0 Å². The van der Waals surface area contributed by atoms with Gasteiger partial charge in [0.25, 0.3) is 5.69 Å². The first-order chi connectivity index (χ1) is 21.3. The van der Waals surface area contributed by atoms with Crippen LogP contribution in [0.2, 0.25) is 0 Å². The molecule has 4 saturated carbocycles. The Bertz CT molecular complexity index is 1530. The molecule has 4 fully saturated rings. The number of nitrogens with one attached hydrogen (secondary N) is 1. The van der Waals surface area contributed by atoms with E-state index in [0.717, 1.165) is 51.4 Å². The zero-order chi connectivity index (χ0) is 33.7. The zero-order valence-corrected chi connectivity index (χ0v) is 29.0. The van der Waals surface area contributed by atoms with Crippen LogP contribution in [-0.2, 0) is 19.1 Å². The van der Waals surface area contributed by atoms with Crippen molar-refractivity contribution in [2.75, 3.05) is 5.32 Å². The number of ketones is 1. The number of hydrogen-bond acceptors (Lipinski definition) is 6. The summed E-state index contributed by atoms with van der Waals surface area (Å²) in [5.74, 6) is 0.143. The third-order valence-corrected chi connectivity index (χ3v) is 14.7. The second kappa shape index (κ2) is 10.5. The Morgan fingerprint density at radius 1 is 0.957 bits per heavy atom. The zero-order valence-electron chi connectivity index (χ0n) is 29.0. The lowest BCUT2D eigenvalue weighted by atomic mass is 9.33. The van der Waals surface area contributed by atoms with E-state index in [4.69, 9.17) is 4.74 Å². The van der Waals surface area contributed by atoms with Crippen molar-refractivity contribution in [3.8, 4) is 0 Å². The third kappa shape index (κ3) is 4.62. The fraction of sp³-hybridized carbons (Fsp3) is 0.711. The molecular weight excluding hydrogens is 580 g/mol. The van der Waals surface area contributed by atoms with Gasteiger partial charge in [-0.15, -0.1) is 0 Å². The van der Waals surface area contributed by atoms with Crippen LogP contribution in [0.1, 0.15) is 113 Å². The Morgan fingerprint density at radius 2 is 1.65 bits per heavy atom. The van der Waals surface area contributed by atoms with Gasteiger partial charge in [0.15, 0.2) is 5.78 Å². The molecule has 0 aliphatic heterocycles. The summed E-state index contributed by atoms with van der Waals surface area (Å²) in [7, 11) is 0. The minimum Gasteiger partial charge on any atom is -0.462 e. The van der Waals surface area contributed by atoms with Crippen LogP contribution in [0.15, 0.2) is 35.9 Å². The van der Waals surface area contributed by atoms with Gasteiger partial charge in [-0.2, -0.15) is 0 Å². The molecule has 0 unspecified atom stereocenters. The van der Waals surface area contributed by atoms with Crippen molar-refractivity contribution in [3.05, 3.63) is 46.0 Å². The lowest BCUT2D eigenvalue weighted by Gasteiger charge is -2.70. The summed E-state index contributed by atoms with van der Waals surface area (Å²) in [6.45, 7) is 17.5. The normalized spacial score (nSPS) is 42.7. The van der Waals surface area contributed by atoms with E-state index in [2.05, 4.69) is 46.9 Å². The first-order valence-electron chi connectivity index (χ1n) is 17.3. The van der Waals surface area contributed by atoms with E-state index in [1.807, 2.05) is 13.0 Å². The van der Waals surface area contributed by atoms with Crippen molar-refractivity contribution in [3.63, 3.8) is 0 Å². The molecule has 0 bridgehead atoms. The lowest BCUT2D eigenvalue weighted by Crippen LogP contribution is -2.66. The summed E-state index contributed by atoms with van der Waals surface area (Å²) in [4.78, 5) is 51.4. The number of nitro benzene ring substituents is 1. The number of carbonyl (C=O) groups is 3. The number of anilines is 1. The van der Waals surface area contributed by atoms with E-state index in [9.17, 15) is 24.5 Å². The van der Waals surface area contributed by atoms with Crippen LogP contribution in [0.4, 0.5) is 11.4 Å². The van der Waals surface area contributed by atoms with Crippen molar-refractivity contribution in [2.45, 2.75) is 119 Å². The van der Waals surface area contributed by atoms with Gasteiger partial charge in [0, 0.05) is 41.5 Å². The largest absolute Gasteiger partial charge is 0.462 e. The van der Waals surface area contributed by atoms with E-state index < -0.39 is 10.3 Å². The molecule has 1 amide bonds. The second-order valence-corrected chi connectivity index (χ2v) is 17.5. The van der Waals surface area contributed by atoms with Crippen LogP contribution in [0.3, 0.4) is 0 Å². The Labute approximate surface area is 273 Å². The molecule has 5 aliphatic rings. The molecule has 9 atom stereocenters. The van der Waals surface area contributed by atoms with E-state index in [-0.39, 0.29) is 74.3 Å². The first kappa shape index (κ1) is 32.9. The standard InChI is InChI=1S/C38H52N2O6/c1-23(41)46-30-13-14-36(6)29(33(30,2)3)12-15-38(8)31(36)28(42)21-26-27-22-35(5,17-16-34(27,4)18-19-37(26,38)7)32(43)39-24-10-9-11-25(20-24)40(44)45/h9-11,20-21,27,29-31H,12-19,22H2,1-8H3,(H,39,43)/t27-,29-,30-,31-,34-,35+,36-,37+,38-/m1/s1. The highest BCUT2D eigenvalue weighted by atomic mass is 16.6. The number of ether oxygens (including phenoxy) is 1. The number of rotatable bonds is 4. The van der Waals surface area contributed by atoms with E-state index in [0.29, 0.717) is 12.1 Å². The number of benzene rings is 1. The fourth-order valence-electron chi connectivity index (χ4n) is 11.8. The summed E-state index contributed by atoms with van der Waals surface area (Å²) < 4.78 is 5.86. The minimum absolute atomic E-state index is 0.00528. The van der Waals surface area contributed by atoms with Crippen LogP contribution >= 0.6 is 0 Å². The topological polar surface area (TPSA) is 116 Å². The molecule has 1 aromatic rings. The van der Waals surface area contributed by atoms with Gasteiger partial charge < -0.3 is 10.1 Å². The predicted octanol–water partition coefficient (Wildman–Crippen LogP) is 8.45. The quantitative estimate of drug-likeness (QED) is 0.202. The summed E-state index contributed by atoms with van der Waals surface area (Å²) in [6.07, 6.45) is 9.82. The number of non-ortho nitro benzene ring substituents is 1. The number of fused-ring (bicyclic) bond motifs is 7. The molecule has 5 aliphatic carbocycles. The number of nitro groups is 1. The second-order valence-electron chi connectivity index (χ2n) is 17.5. The van der Waals surface area contributed by atoms with Crippen molar-refractivity contribution in [2.24, 2.45) is 50.2 Å². The number of allylic oxidation sites excluding steroid dienone is 2. The summed E-state index contributed by atoms with van der Waals surface area (Å²) >= 11 is 0. The van der Waals surface area contributed by atoms with Gasteiger partial charge in [-0.05, 0) is 103 Å². The summed E-state index contributed by atoms with van der Waals surface area (Å²) in [5, 5.41) is 14.3. The van der Waals surface area contributed by atoms with Gasteiger partial charge in [-0.1, -0.05) is 60.1 Å². The SMILES string of the molecule is CC(=O)O[C@@H]1CC[C@]2(C)[C@H](CC[C@]3(C)[C@@H]2C(=O)C=C2[C@H]4C[C@@](C)(C(=O)Nc5cccc([N+](=O)[O-])c5)CC[C@]4(C)CC[C@@]23C)C1(C)C. The molecule has 0 spiro atoms. The Morgan fingerprint density at radius 3 is 2.33 bits per heavy atom. The van der Waals surface area contributed by atoms with E-state index in [1.165, 1.54) is 24.6 Å². The molecule has 1 aromatic carbocycles. The fourth-order valence-corrected chi connectivity index (χ4v) is 11.8. The Balaban J connectivity index is 1.33. The lowest BCUT2D eigenvalue weighted by molar-refractivity contribution is -0.384. The van der Waals surface area contributed by atoms with Gasteiger partial charge in [-0.25, -0.2) is 0 Å². The Hall–Kier alpha value is -3.03. The maximum absolute atomic E-state index is 14.7. The molecule has 8 nitrogen and oxygen atoms in total. The molecular formula is C38H52N2O6. The van der Waals surface area contributed by atoms with Crippen LogP contribution in [0.5, 0.6) is 0 Å². The molecule has 1 N–H and O–H groups in total. The van der Waals surface area contributed by atoms with Gasteiger partial charge >= 0.3 is 5.97 Å². The molecule has 0 aromatic heterocycles. The molecule has 0 saturated heterocycles. The average molecular weight is 633 g/mol. The molecule has 0 radical (unpaired) electrons. The maximum atomic E-state index is 14.7. The van der Waals surface area contributed by atoms with E-state index in [1.54, 1.807) is 12.1 Å². The summed E-state index contributed by atoms with van der Waals surface area (Å²) in [5.41, 5.74) is 0.142. The van der Waals surface area contributed by atoms with Crippen LogP contribution in [-0.4, -0.2) is 28.7 Å². The van der Waals surface area contributed by atoms with Crippen LogP contribution in [0, 0.1) is 60.4 Å². The molecule has 6 rings (SSSR count). The molecule has 8 heteroatoms. The number of amides is 1. The predicted molar refractivity (Wildman–Crippen MR) is 177 cm³/mol. The number of carbonyl (C=O) groups excluding carboxylic acids is 3. The Kier molecular flexibility index (Phi) is 7.50. The maximum Gasteiger partial charge on any atom is 0.302 e. The average Bonchev–Trinajstić information content (AvgIpc) is 2.96. The van der Waals surface area contributed by atoms with Crippen LogP contribution in [0.25, 0.3) is 0 Å². The van der Waals surface area contributed by atoms with Crippen molar-refractivity contribution < 1.29 is 24.0 Å². The highest BCUT2D eigenvalue weighted by Gasteiger charge is 2.70. The molecule has 46 heavy (non-hydrogen) atoms. The van der Waals surface area contributed by atoms with E-state index >= 15 is 0 Å². The summed E-state index contributed by atoms with van der Waals surface area (Å²) in [6, 6.07) is 6.12. The van der Waals surface area contributed by atoms with Crippen molar-refractivity contribution in [1.82, 2.24) is 0 Å². The highest BCUT2D eigenvalue weighted by Crippen LogP contribution is 2.75. The smallest absolute Gasteiger partial charge is 0.302 e. The molecule has 0 heterocycles.